The van der Waals surface area contributed by atoms with Crippen molar-refractivity contribution in [1.82, 2.24) is 14.5 Å². The zero-order chi connectivity index (χ0) is 23.1. The Morgan fingerprint density at radius 3 is 2.59 bits per heavy atom. The Labute approximate surface area is 186 Å². The molecule has 4 aromatic rings. The molecule has 7 heteroatoms. The number of pyridine rings is 2. The summed E-state index contributed by atoms with van der Waals surface area (Å²) in [6.45, 7) is 7.09. The molecule has 3 aromatic heterocycles. The number of hydrogen-bond acceptors (Lipinski definition) is 5. The van der Waals surface area contributed by atoms with Crippen LogP contribution in [-0.4, -0.2) is 31.8 Å². The van der Waals surface area contributed by atoms with Gasteiger partial charge in [-0.2, -0.15) is 0 Å². The molecule has 4 N–H and O–H groups in total. The van der Waals surface area contributed by atoms with E-state index in [0.29, 0.717) is 18.4 Å². The lowest BCUT2D eigenvalue weighted by molar-refractivity contribution is 0.0553. The molecule has 1 aromatic carbocycles. The Kier molecular flexibility index (Phi) is 7.12. The molecule has 32 heavy (non-hydrogen) atoms. The van der Waals surface area contributed by atoms with Crippen LogP contribution in [-0.2, 0) is 0 Å². The highest BCUT2D eigenvalue weighted by atomic mass is 16.5. The van der Waals surface area contributed by atoms with Gasteiger partial charge in [-0.1, -0.05) is 18.7 Å². The fraction of sp³-hybridized carbons (Fsp3) is 0.200. The van der Waals surface area contributed by atoms with Crippen molar-refractivity contribution < 1.29 is 9.84 Å². The molecule has 4 rings (SSSR count). The Bertz CT molecular complexity index is 1220. The number of H-pyrrole nitrogens is 1. The van der Waals surface area contributed by atoms with Gasteiger partial charge in [0, 0.05) is 30.6 Å². The molecule has 0 unspecified atom stereocenters. The lowest BCUT2D eigenvalue weighted by Gasteiger charge is -2.17. The fourth-order valence-corrected chi connectivity index (χ4v) is 3.27. The number of hydrogen-bond donors (Lipinski definition) is 3. The molecule has 0 radical (unpaired) electrons. The smallest absolute Gasteiger partial charge is 0.258 e. The number of aromatic amines is 1. The molecule has 3 heterocycles. The van der Waals surface area contributed by atoms with Crippen LogP contribution in [0.3, 0.4) is 0 Å². The number of benzene rings is 1. The zero-order valence-electron chi connectivity index (χ0n) is 18.3. The first-order valence-corrected chi connectivity index (χ1v) is 10.3. The second kappa shape index (κ2) is 9.98. The summed E-state index contributed by atoms with van der Waals surface area (Å²) >= 11 is 0. The SMILES string of the molecule is C=CN.CC(C)(O)CCOc1ccc(-c2cn(-c3cccnc3)c3cc[nH]c(=O)c23)cc1. The standard InChI is InChI=1S/C23H23N3O3.C2H5N/c1-23(2,28)10-13-29-18-7-5-16(6-8-18)19-15-26(17-4-3-11-24-14-17)20-9-12-25-22(27)21(19)20;1-2-3/h3-9,11-12,14-15,28H,10,13H2,1-2H3,(H,25,27);2H,1,3H2. The third-order valence-corrected chi connectivity index (χ3v) is 4.80. The highest BCUT2D eigenvalue weighted by Crippen LogP contribution is 2.31. The summed E-state index contributed by atoms with van der Waals surface area (Å²) in [5.74, 6) is 0.725. The minimum Gasteiger partial charge on any atom is -0.493 e. The highest BCUT2D eigenvalue weighted by Gasteiger charge is 2.15. The summed E-state index contributed by atoms with van der Waals surface area (Å²) in [6.07, 6.45) is 8.90. The maximum atomic E-state index is 12.6. The summed E-state index contributed by atoms with van der Waals surface area (Å²) in [7, 11) is 0. The van der Waals surface area contributed by atoms with Gasteiger partial charge in [-0.25, -0.2) is 0 Å². The zero-order valence-corrected chi connectivity index (χ0v) is 18.3. The van der Waals surface area contributed by atoms with Crippen molar-refractivity contribution in [3.63, 3.8) is 0 Å². The summed E-state index contributed by atoms with van der Waals surface area (Å²) in [6, 6.07) is 13.3. The Hall–Kier alpha value is -3.84. The fourth-order valence-electron chi connectivity index (χ4n) is 3.27. The topological polar surface area (TPSA) is 106 Å². The van der Waals surface area contributed by atoms with E-state index in [4.69, 9.17) is 4.74 Å². The Morgan fingerprint density at radius 1 is 1.25 bits per heavy atom. The van der Waals surface area contributed by atoms with Gasteiger partial charge in [0.05, 0.1) is 35.0 Å². The summed E-state index contributed by atoms with van der Waals surface area (Å²) in [4.78, 5) is 19.5. The van der Waals surface area contributed by atoms with E-state index in [1.54, 1.807) is 32.4 Å². The summed E-state index contributed by atoms with van der Waals surface area (Å²) < 4.78 is 7.69. The number of fused-ring (bicyclic) bond motifs is 1. The van der Waals surface area contributed by atoms with Crippen molar-refractivity contribution in [3.8, 4) is 22.6 Å². The molecule has 0 aliphatic rings. The molecule has 0 fully saturated rings. The molecule has 0 aliphatic carbocycles. The van der Waals surface area contributed by atoms with Gasteiger partial charge in [-0.3, -0.25) is 9.78 Å². The number of nitrogens with zero attached hydrogens (tertiary/aromatic N) is 2. The van der Waals surface area contributed by atoms with Crippen LogP contribution in [0.5, 0.6) is 5.75 Å². The Balaban J connectivity index is 0.000000913. The lowest BCUT2D eigenvalue weighted by atomic mass is 10.1. The summed E-state index contributed by atoms with van der Waals surface area (Å²) in [5.41, 5.74) is 7.20. The molecular formula is C25H28N4O3. The van der Waals surface area contributed by atoms with E-state index < -0.39 is 5.60 Å². The normalized spacial score (nSPS) is 11.0. The second-order valence-electron chi connectivity index (χ2n) is 7.86. The van der Waals surface area contributed by atoms with Crippen LogP contribution in [0, 0.1) is 0 Å². The van der Waals surface area contributed by atoms with E-state index in [1.165, 1.54) is 6.20 Å². The number of nitrogens with one attached hydrogen (secondary N) is 1. The van der Waals surface area contributed by atoms with Crippen LogP contribution in [0.1, 0.15) is 20.3 Å². The number of aliphatic hydroxyl groups is 1. The number of rotatable bonds is 6. The van der Waals surface area contributed by atoms with Crippen molar-refractivity contribution in [2.45, 2.75) is 25.9 Å². The first kappa shape index (κ1) is 22.8. The van der Waals surface area contributed by atoms with Gasteiger partial charge < -0.3 is 25.1 Å². The van der Waals surface area contributed by atoms with E-state index >= 15 is 0 Å². The van der Waals surface area contributed by atoms with Crippen molar-refractivity contribution in [1.29, 1.82) is 0 Å². The predicted molar refractivity (Wildman–Crippen MR) is 128 cm³/mol. The molecule has 0 spiro atoms. The maximum Gasteiger partial charge on any atom is 0.258 e. The van der Waals surface area contributed by atoms with Crippen molar-refractivity contribution >= 4 is 10.9 Å². The van der Waals surface area contributed by atoms with Crippen LogP contribution in [0.4, 0.5) is 0 Å². The van der Waals surface area contributed by atoms with Gasteiger partial charge in [-0.05, 0) is 55.9 Å². The first-order valence-electron chi connectivity index (χ1n) is 10.3. The van der Waals surface area contributed by atoms with Crippen LogP contribution >= 0.6 is 0 Å². The molecular weight excluding hydrogens is 404 g/mol. The van der Waals surface area contributed by atoms with Crippen molar-refractivity contribution in [3.05, 3.63) is 90.4 Å². The maximum absolute atomic E-state index is 12.6. The molecule has 0 saturated carbocycles. The van der Waals surface area contributed by atoms with E-state index in [1.807, 2.05) is 53.2 Å². The highest BCUT2D eigenvalue weighted by molar-refractivity contribution is 5.96. The van der Waals surface area contributed by atoms with Gasteiger partial charge in [-0.15, -0.1) is 0 Å². The number of ether oxygens (including phenoxy) is 1. The van der Waals surface area contributed by atoms with Crippen LogP contribution in [0.15, 0.2) is 84.8 Å². The van der Waals surface area contributed by atoms with E-state index in [-0.39, 0.29) is 5.56 Å². The van der Waals surface area contributed by atoms with Gasteiger partial charge in [0.2, 0.25) is 0 Å². The van der Waals surface area contributed by atoms with Crippen LogP contribution in [0.2, 0.25) is 0 Å². The molecule has 166 valence electrons. The van der Waals surface area contributed by atoms with Gasteiger partial charge in [0.1, 0.15) is 5.75 Å². The Morgan fingerprint density at radius 2 is 1.97 bits per heavy atom. The predicted octanol–water partition coefficient (Wildman–Crippen LogP) is 4.01. The average molecular weight is 433 g/mol. The molecule has 0 atom stereocenters. The van der Waals surface area contributed by atoms with Gasteiger partial charge >= 0.3 is 0 Å². The third-order valence-electron chi connectivity index (χ3n) is 4.80. The van der Waals surface area contributed by atoms with Crippen molar-refractivity contribution in [2.75, 3.05) is 6.61 Å². The largest absolute Gasteiger partial charge is 0.493 e. The average Bonchev–Trinajstić information content (AvgIpc) is 3.16. The molecule has 0 aliphatic heterocycles. The van der Waals surface area contributed by atoms with Crippen LogP contribution in [0.25, 0.3) is 27.7 Å². The number of nitrogens with two attached hydrogens (primary N) is 1. The number of aromatic nitrogens is 3. The van der Waals surface area contributed by atoms with Gasteiger partial charge in [0.25, 0.3) is 5.56 Å². The minimum atomic E-state index is -0.755. The first-order chi connectivity index (χ1) is 15.3. The third kappa shape index (κ3) is 5.44. The molecule has 0 amide bonds. The lowest BCUT2D eigenvalue weighted by Crippen LogP contribution is -2.21. The van der Waals surface area contributed by atoms with E-state index in [9.17, 15) is 9.90 Å². The monoisotopic (exact) mass is 432 g/mol. The molecule has 0 saturated heterocycles. The van der Waals surface area contributed by atoms with Crippen molar-refractivity contribution in [2.24, 2.45) is 5.73 Å². The quantitative estimate of drug-likeness (QED) is 0.427. The van der Waals surface area contributed by atoms with Crippen LogP contribution < -0.4 is 16.0 Å². The van der Waals surface area contributed by atoms with E-state index in [0.717, 1.165) is 28.1 Å². The minimum absolute atomic E-state index is 0.134. The molecule has 7 nitrogen and oxygen atoms in total. The summed E-state index contributed by atoms with van der Waals surface area (Å²) in [5, 5.41) is 10.4. The van der Waals surface area contributed by atoms with E-state index in [2.05, 4.69) is 22.3 Å². The molecule has 0 bridgehead atoms. The second-order valence-corrected chi connectivity index (χ2v) is 7.86. The van der Waals surface area contributed by atoms with Gasteiger partial charge in [0.15, 0.2) is 0 Å².